The molecule has 10 aromatic rings. The van der Waals surface area contributed by atoms with Gasteiger partial charge in [0.05, 0.1) is 22.1 Å². The van der Waals surface area contributed by atoms with E-state index in [0.29, 0.717) is 0 Å². The van der Waals surface area contributed by atoms with Gasteiger partial charge >= 0.3 is 0 Å². The Morgan fingerprint density at radius 3 is 1.77 bits per heavy atom. The minimum atomic E-state index is -0.521. The highest BCUT2D eigenvalue weighted by molar-refractivity contribution is 6.13. The van der Waals surface area contributed by atoms with Crippen LogP contribution in [0.3, 0.4) is 0 Å². The Bertz CT molecular complexity index is 3220. The summed E-state index contributed by atoms with van der Waals surface area (Å²) in [6.45, 7) is 4.66. The maximum absolute atomic E-state index is 5.81. The van der Waals surface area contributed by atoms with E-state index in [1.807, 2.05) is 0 Å². The minimum absolute atomic E-state index is 0.338. The second kappa shape index (κ2) is 11.7. The highest BCUT2D eigenvalue weighted by atomic mass is 15.1. The van der Waals surface area contributed by atoms with Crippen LogP contribution in [0, 0.1) is 0 Å². The van der Waals surface area contributed by atoms with Crippen LogP contribution in [0.2, 0.25) is 0 Å². The van der Waals surface area contributed by atoms with E-state index in [9.17, 15) is 0 Å². The molecule has 12 rings (SSSR count). The molecular formula is C54H37N3. The summed E-state index contributed by atoms with van der Waals surface area (Å²) in [4.78, 5) is 11.5. The lowest BCUT2D eigenvalue weighted by Gasteiger charge is -2.33. The third kappa shape index (κ3) is 4.26. The molecule has 2 heterocycles. The molecule has 0 atom stereocenters. The number of para-hydroxylation sites is 1. The highest BCUT2D eigenvalue weighted by Gasteiger charge is 2.47. The summed E-state index contributed by atoms with van der Waals surface area (Å²) >= 11 is 0. The van der Waals surface area contributed by atoms with Gasteiger partial charge in [-0.05, 0) is 67.9 Å². The van der Waals surface area contributed by atoms with Gasteiger partial charge in [-0.15, -0.1) is 0 Å². The van der Waals surface area contributed by atoms with Crippen molar-refractivity contribution < 1.29 is 0 Å². The lowest BCUT2D eigenvalue weighted by molar-refractivity contribution is 0.650. The summed E-state index contributed by atoms with van der Waals surface area (Å²) in [5.41, 5.74) is 14.4. The number of hydrogen-bond acceptors (Lipinski definition) is 2. The number of hydrogen-bond donors (Lipinski definition) is 0. The monoisotopic (exact) mass is 727 g/mol. The van der Waals surface area contributed by atoms with Crippen molar-refractivity contribution in [3.63, 3.8) is 0 Å². The van der Waals surface area contributed by atoms with Crippen molar-refractivity contribution >= 4 is 32.6 Å². The van der Waals surface area contributed by atoms with Crippen LogP contribution >= 0.6 is 0 Å². The molecule has 3 nitrogen and oxygen atoms in total. The van der Waals surface area contributed by atoms with Crippen molar-refractivity contribution in [2.24, 2.45) is 0 Å². The van der Waals surface area contributed by atoms with Crippen LogP contribution in [0.5, 0.6) is 0 Å². The molecule has 57 heavy (non-hydrogen) atoms. The Morgan fingerprint density at radius 2 is 1.02 bits per heavy atom. The molecule has 0 radical (unpaired) electrons. The van der Waals surface area contributed by atoms with E-state index in [4.69, 9.17) is 9.97 Å². The Labute approximate surface area is 331 Å². The van der Waals surface area contributed by atoms with Gasteiger partial charge in [-0.1, -0.05) is 184 Å². The van der Waals surface area contributed by atoms with Crippen LogP contribution < -0.4 is 0 Å². The predicted molar refractivity (Wildman–Crippen MR) is 234 cm³/mol. The van der Waals surface area contributed by atoms with Gasteiger partial charge in [0.25, 0.3) is 0 Å². The van der Waals surface area contributed by atoms with Crippen LogP contribution in [0.15, 0.2) is 188 Å². The summed E-state index contributed by atoms with van der Waals surface area (Å²) in [7, 11) is 0. The van der Waals surface area contributed by atoms with E-state index in [-0.39, 0.29) is 5.41 Å². The SMILES string of the molecule is CC1(C)c2ccccc2-c2nc(-c3cccc4c3-c3ccccc3C4(c3ccccc3)c3ccccc3)nc(-n3c4ccccc4c4cc5ccccc5cc43)c21. The maximum Gasteiger partial charge on any atom is 0.162 e. The quantitative estimate of drug-likeness (QED) is 0.181. The van der Waals surface area contributed by atoms with Crippen LogP contribution in [0.1, 0.15) is 47.2 Å². The summed E-state index contributed by atoms with van der Waals surface area (Å²) in [5.74, 6) is 1.66. The van der Waals surface area contributed by atoms with E-state index < -0.39 is 5.41 Å². The molecule has 268 valence electrons. The molecule has 2 aromatic heterocycles. The Hall–Kier alpha value is -7.10. The molecule has 0 spiro atoms. The van der Waals surface area contributed by atoms with E-state index in [1.54, 1.807) is 0 Å². The largest absolute Gasteiger partial charge is 0.293 e. The molecule has 0 amide bonds. The first-order valence-corrected chi connectivity index (χ1v) is 19.8. The first-order chi connectivity index (χ1) is 28.0. The second-order valence-corrected chi connectivity index (χ2v) is 16.1. The molecule has 2 aliphatic rings. The number of nitrogens with zero attached hydrogens (tertiary/aromatic N) is 3. The molecule has 8 aromatic carbocycles. The zero-order valence-corrected chi connectivity index (χ0v) is 31.7. The molecule has 0 aliphatic heterocycles. The van der Waals surface area contributed by atoms with Gasteiger partial charge in [-0.2, -0.15) is 0 Å². The first kappa shape index (κ1) is 32.2. The van der Waals surface area contributed by atoms with Crippen LogP contribution in [0.4, 0.5) is 0 Å². The normalized spacial score (nSPS) is 14.4. The van der Waals surface area contributed by atoms with E-state index in [2.05, 4.69) is 206 Å². The van der Waals surface area contributed by atoms with Gasteiger partial charge in [-0.25, -0.2) is 9.97 Å². The van der Waals surface area contributed by atoms with Gasteiger partial charge in [0.1, 0.15) is 5.82 Å². The zero-order valence-electron chi connectivity index (χ0n) is 31.7. The molecular weight excluding hydrogens is 691 g/mol. The average Bonchev–Trinajstić information content (AvgIpc) is 3.84. The van der Waals surface area contributed by atoms with Crippen molar-refractivity contribution in [2.75, 3.05) is 0 Å². The molecule has 0 fully saturated rings. The van der Waals surface area contributed by atoms with Gasteiger partial charge in [0, 0.05) is 32.9 Å². The lowest BCUT2D eigenvalue weighted by Crippen LogP contribution is -2.28. The fourth-order valence-electron chi connectivity index (χ4n) is 10.4. The zero-order chi connectivity index (χ0) is 37.9. The standard InChI is InChI=1S/C54H37N3/c1-53(2)43-28-14-12-26-40(43)50-49(53)52(57-46-31-16-13-24-38(46)42-32-34-18-9-10-19-35(34)33-47(42)57)56-51(55-50)41-27-17-30-45-48(41)39-25-11-15-29-44(39)54(45,36-20-5-3-6-21-36)37-22-7-4-8-23-37/h3-33H,1-2H3. The fourth-order valence-corrected chi connectivity index (χ4v) is 10.4. The summed E-state index contributed by atoms with van der Waals surface area (Å²) in [6, 6.07) is 68.6. The van der Waals surface area contributed by atoms with Crippen molar-refractivity contribution in [3.8, 4) is 39.6 Å². The topological polar surface area (TPSA) is 30.7 Å². The lowest BCUT2D eigenvalue weighted by atomic mass is 9.67. The molecule has 2 aliphatic carbocycles. The van der Waals surface area contributed by atoms with Gasteiger partial charge in [0.2, 0.25) is 0 Å². The van der Waals surface area contributed by atoms with Crippen molar-refractivity contribution in [1.29, 1.82) is 0 Å². The number of fused-ring (bicyclic) bond motifs is 10. The molecule has 0 saturated carbocycles. The molecule has 0 unspecified atom stereocenters. The van der Waals surface area contributed by atoms with E-state index in [0.717, 1.165) is 39.5 Å². The maximum atomic E-state index is 5.81. The highest BCUT2D eigenvalue weighted by Crippen LogP contribution is 2.59. The van der Waals surface area contributed by atoms with Crippen LogP contribution in [-0.4, -0.2) is 14.5 Å². The number of aromatic nitrogens is 3. The Morgan fingerprint density at radius 1 is 0.439 bits per heavy atom. The Kier molecular flexibility index (Phi) is 6.61. The van der Waals surface area contributed by atoms with Crippen molar-refractivity contribution in [1.82, 2.24) is 14.5 Å². The summed E-state index contributed by atoms with van der Waals surface area (Å²) < 4.78 is 2.42. The van der Waals surface area contributed by atoms with E-state index >= 15 is 0 Å². The van der Waals surface area contributed by atoms with Crippen LogP contribution in [-0.2, 0) is 10.8 Å². The number of rotatable bonds is 4. The summed E-state index contributed by atoms with van der Waals surface area (Å²) in [6.07, 6.45) is 0. The second-order valence-electron chi connectivity index (χ2n) is 16.1. The fraction of sp³-hybridized carbons (Fsp3) is 0.0741. The van der Waals surface area contributed by atoms with Crippen LogP contribution in [0.25, 0.3) is 72.2 Å². The third-order valence-corrected chi connectivity index (χ3v) is 12.8. The van der Waals surface area contributed by atoms with Gasteiger partial charge in [-0.3, -0.25) is 4.57 Å². The minimum Gasteiger partial charge on any atom is -0.293 e. The molecule has 0 bridgehead atoms. The van der Waals surface area contributed by atoms with Gasteiger partial charge < -0.3 is 0 Å². The smallest absolute Gasteiger partial charge is 0.162 e. The number of benzene rings is 8. The third-order valence-electron chi connectivity index (χ3n) is 12.8. The predicted octanol–water partition coefficient (Wildman–Crippen LogP) is 13.1. The summed E-state index contributed by atoms with van der Waals surface area (Å²) in [5, 5.41) is 4.87. The van der Waals surface area contributed by atoms with Crippen molar-refractivity contribution in [2.45, 2.75) is 24.7 Å². The average molecular weight is 728 g/mol. The Balaban J connectivity index is 1.22. The van der Waals surface area contributed by atoms with Crippen molar-refractivity contribution in [3.05, 3.63) is 221 Å². The van der Waals surface area contributed by atoms with E-state index in [1.165, 1.54) is 66.1 Å². The molecule has 3 heteroatoms. The van der Waals surface area contributed by atoms with Gasteiger partial charge in [0.15, 0.2) is 5.82 Å². The first-order valence-electron chi connectivity index (χ1n) is 19.8. The molecule has 0 saturated heterocycles. The molecule has 0 N–H and O–H groups in total.